The van der Waals surface area contributed by atoms with Crippen LogP contribution < -0.4 is 5.32 Å². The van der Waals surface area contributed by atoms with Crippen molar-refractivity contribution >= 4 is 28.4 Å². The number of benzene rings is 1. The molecule has 0 aliphatic heterocycles. The van der Waals surface area contributed by atoms with Crippen molar-refractivity contribution in [3.05, 3.63) is 42.1 Å². The number of halogens is 1. The van der Waals surface area contributed by atoms with Crippen LogP contribution in [-0.2, 0) is 0 Å². The zero-order valence-electron chi connectivity index (χ0n) is 11.9. The van der Waals surface area contributed by atoms with Gasteiger partial charge in [0.25, 0.3) is 5.91 Å². The van der Waals surface area contributed by atoms with Crippen LogP contribution in [-0.4, -0.2) is 22.8 Å². The molecule has 0 radical (unpaired) electrons. The lowest BCUT2D eigenvalue weighted by Gasteiger charge is -2.25. The number of carbonyl (C=O) groups excluding carboxylic acids is 1. The highest BCUT2D eigenvalue weighted by Crippen LogP contribution is 2.27. The number of fused-ring (bicyclic) bond motifs is 1. The molecule has 2 atom stereocenters. The van der Waals surface area contributed by atoms with Gasteiger partial charge in [0, 0.05) is 23.5 Å². The van der Waals surface area contributed by atoms with Crippen molar-refractivity contribution < 1.29 is 4.79 Å². The van der Waals surface area contributed by atoms with Crippen molar-refractivity contribution in [1.82, 2.24) is 10.3 Å². The van der Waals surface area contributed by atoms with E-state index in [1.807, 2.05) is 30.3 Å². The summed E-state index contributed by atoms with van der Waals surface area (Å²) in [7, 11) is 0. The zero-order chi connectivity index (χ0) is 14.7. The first kappa shape index (κ1) is 14.3. The van der Waals surface area contributed by atoms with Crippen LogP contribution in [0, 0.1) is 5.92 Å². The van der Waals surface area contributed by atoms with E-state index < -0.39 is 0 Å². The Labute approximate surface area is 129 Å². The number of hydrogen-bond acceptors (Lipinski definition) is 2. The summed E-state index contributed by atoms with van der Waals surface area (Å²) in [5.41, 5.74) is 1.41. The Kier molecular flexibility index (Phi) is 4.39. The summed E-state index contributed by atoms with van der Waals surface area (Å²) in [5, 5.41) is 4.30. The van der Waals surface area contributed by atoms with Gasteiger partial charge in [0.2, 0.25) is 0 Å². The lowest BCUT2D eigenvalue weighted by molar-refractivity contribution is 0.0945. The molecule has 0 bridgehead atoms. The Hall–Kier alpha value is -1.61. The Morgan fingerprint density at radius 3 is 3.00 bits per heavy atom. The number of pyridine rings is 1. The molecule has 3 nitrogen and oxygen atoms in total. The fourth-order valence-corrected chi connectivity index (χ4v) is 3.44. The second kappa shape index (κ2) is 6.44. The third-order valence-electron chi connectivity index (χ3n) is 4.15. The van der Waals surface area contributed by atoms with Gasteiger partial charge in [-0.3, -0.25) is 9.78 Å². The third-order valence-corrected chi connectivity index (χ3v) is 4.54. The normalized spacial score (nSPS) is 22.1. The Morgan fingerprint density at radius 2 is 2.14 bits per heavy atom. The largest absolute Gasteiger partial charge is 0.352 e. The number of carbonyl (C=O) groups is 1. The molecule has 3 rings (SSSR count). The van der Waals surface area contributed by atoms with Gasteiger partial charge in [-0.1, -0.05) is 24.6 Å². The lowest BCUT2D eigenvalue weighted by atomic mass is 9.89. The van der Waals surface area contributed by atoms with E-state index in [0.29, 0.717) is 18.0 Å². The van der Waals surface area contributed by atoms with Crippen molar-refractivity contribution in [2.24, 2.45) is 5.92 Å². The highest BCUT2D eigenvalue weighted by Gasteiger charge is 2.21. The molecular formula is C17H19ClN2O. The van der Waals surface area contributed by atoms with E-state index in [2.05, 4.69) is 10.3 Å². The average molecular weight is 303 g/mol. The van der Waals surface area contributed by atoms with Crippen molar-refractivity contribution in [1.29, 1.82) is 0 Å². The van der Waals surface area contributed by atoms with E-state index in [0.717, 1.165) is 36.6 Å². The second-order valence-corrected chi connectivity index (χ2v) is 6.34. The smallest absolute Gasteiger partial charge is 0.253 e. The standard InChI is InChI=1S/C17H19ClN2O/c18-14-7-1-4-12(10-14)11-20-17(21)15-8-2-5-13-6-3-9-19-16(13)15/h2-3,5-6,8-9,12,14H,1,4,7,10-11H2,(H,20,21). The fourth-order valence-electron chi connectivity index (χ4n) is 3.03. The van der Waals surface area contributed by atoms with Gasteiger partial charge in [0.15, 0.2) is 0 Å². The van der Waals surface area contributed by atoms with Crippen molar-refractivity contribution in [2.45, 2.75) is 31.1 Å². The number of alkyl halides is 1. The summed E-state index contributed by atoms with van der Waals surface area (Å²) in [6.45, 7) is 0.700. The maximum Gasteiger partial charge on any atom is 0.253 e. The van der Waals surface area contributed by atoms with E-state index in [1.165, 1.54) is 0 Å². The predicted octanol–water partition coefficient (Wildman–Crippen LogP) is 3.76. The van der Waals surface area contributed by atoms with Gasteiger partial charge in [-0.05, 0) is 37.3 Å². The molecule has 4 heteroatoms. The summed E-state index contributed by atoms with van der Waals surface area (Å²) in [6.07, 6.45) is 6.12. The summed E-state index contributed by atoms with van der Waals surface area (Å²) < 4.78 is 0. The van der Waals surface area contributed by atoms with Gasteiger partial charge in [-0.25, -0.2) is 0 Å². The molecule has 1 heterocycles. The number of aromatic nitrogens is 1. The number of nitrogens with zero attached hydrogens (tertiary/aromatic N) is 1. The molecule has 1 fully saturated rings. The number of hydrogen-bond donors (Lipinski definition) is 1. The molecule has 1 N–H and O–H groups in total. The number of rotatable bonds is 3. The lowest BCUT2D eigenvalue weighted by Crippen LogP contribution is -2.32. The average Bonchev–Trinajstić information content (AvgIpc) is 2.52. The number of nitrogens with one attached hydrogen (secondary N) is 1. The highest BCUT2D eigenvalue weighted by molar-refractivity contribution is 6.20. The molecule has 2 unspecified atom stereocenters. The zero-order valence-corrected chi connectivity index (χ0v) is 12.6. The molecule has 1 saturated carbocycles. The molecule has 1 aromatic carbocycles. The molecule has 0 spiro atoms. The first-order valence-electron chi connectivity index (χ1n) is 7.50. The van der Waals surface area contributed by atoms with E-state index >= 15 is 0 Å². The topological polar surface area (TPSA) is 42.0 Å². The maximum absolute atomic E-state index is 12.4. The molecular weight excluding hydrogens is 284 g/mol. The van der Waals surface area contributed by atoms with Crippen LogP contribution in [0.15, 0.2) is 36.5 Å². The van der Waals surface area contributed by atoms with Crippen molar-refractivity contribution in [2.75, 3.05) is 6.54 Å². The van der Waals surface area contributed by atoms with Gasteiger partial charge in [-0.2, -0.15) is 0 Å². The van der Waals surface area contributed by atoms with Crippen molar-refractivity contribution in [3.63, 3.8) is 0 Å². The molecule has 1 aliphatic rings. The van der Waals surface area contributed by atoms with E-state index in [4.69, 9.17) is 11.6 Å². The minimum Gasteiger partial charge on any atom is -0.352 e. The van der Waals surface area contributed by atoms with E-state index in [1.54, 1.807) is 6.20 Å². The minimum atomic E-state index is -0.0454. The Morgan fingerprint density at radius 1 is 1.29 bits per heavy atom. The SMILES string of the molecule is O=C(NCC1CCCC(Cl)C1)c1cccc2cccnc12. The van der Waals surface area contributed by atoms with Crippen LogP contribution in [0.3, 0.4) is 0 Å². The van der Waals surface area contributed by atoms with E-state index in [9.17, 15) is 4.79 Å². The van der Waals surface area contributed by atoms with Gasteiger partial charge in [0.1, 0.15) is 0 Å². The molecule has 1 amide bonds. The number of para-hydroxylation sites is 1. The van der Waals surface area contributed by atoms with Crippen LogP contribution in [0.2, 0.25) is 0 Å². The summed E-state index contributed by atoms with van der Waals surface area (Å²) in [4.78, 5) is 16.7. The minimum absolute atomic E-state index is 0.0454. The summed E-state index contributed by atoms with van der Waals surface area (Å²) >= 11 is 6.20. The molecule has 21 heavy (non-hydrogen) atoms. The molecule has 0 saturated heterocycles. The Bertz CT molecular complexity index is 638. The number of amides is 1. The van der Waals surface area contributed by atoms with Crippen molar-refractivity contribution in [3.8, 4) is 0 Å². The Balaban J connectivity index is 1.69. The third kappa shape index (κ3) is 3.35. The van der Waals surface area contributed by atoms with Gasteiger partial charge < -0.3 is 5.32 Å². The monoisotopic (exact) mass is 302 g/mol. The summed E-state index contributed by atoms with van der Waals surface area (Å²) in [6, 6.07) is 9.55. The van der Waals surface area contributed by atoms with Crippen LogP contribution in [0.25, 0.3) is 10.9 Å². The van der Waals surface area contributed by atoms with Crippen LogP contribution in [0.5, 0.6) is 0 Å². The maximum atomic E-state index is 12.4. The van der Waals surface area contributed by atoms with Crippen LogP contribution in [0.4, 0.5) is 0 Å². The molecule has 1 aliphatic carbocycles. The van der Waals surface area contributed by atoms with Crippen LogP contribution in [0.1, 0.15) is 36.0 Å². The second-order valence-electron chi connectivity index (χ2n) is 5.72. The van der Waals surface area contributed by atoms with Gasteiger partial charge >= 0.3 is 0 Å². The summed E-state index contributed by atoms with van der Waals surface area (Å²) in [5.74, 6) is 0.448. The first-order valence-corrected chi connectivity index (χ1v) is 7.93. The van der Waals surface area contributed by atoms with E-state index in [-0.39, 0.29) is 11.3 Å². The highest BCUT2D eigenvalue weighted by atomic mass is 35.5. The predicted molar refractivity (Wildman–Crippen MR) is 85.7 cm³/mol. The van der Waals surface area contributed by atoms with Gasteiger partial charge in [0.05, 0.1) is 11.1 Å². The van der Waals surface area contributed by atoms with Gasteiger partial charge in [-0.15, -0.1) is 11.6 Å². The fraction of sp³-hybridized carbons (Fsp3) is 0.412. The van der Waals surface area contributed by atoms with Crippen LogP contribution >= 0.6 is 11.6 Å². The molecule has 1 aromatic heterocycles. The quantitative estimate of drug-likeness (QED) is 0.877. The first-order chi connectivity index (χ1) is 10.2. The molecule has 110 valence electrons. The molecule has 2 aromatic rings.